The van der Waals surface area contributed by atoms with Gasteiger partial charge in [-0.2, -0.15) is 5.10 Å². The Labute approximate surface area is 67.2 Å². The van der Waals surface area contributed by atoms with E-state index in [1.165, 1.54) is 0 Å². The van der Waals surface area contributed by atoms with Crippen molar-refractivity contribution in [2.24, 2.45) is 5.10 Å². The van der Waals surface area contributed by atoms with Crippen LogP contribution in [0.3, 0.4) is 0 Å². The summed E-state index contributed by atoms with van der Waals surface area (Å²) in [6, 6.07) is 0.264. The lowest BCUT2D eigenvalue weighted by atomic mass is 10.1. The molecule has 1 heterocycles. The lowest BCUT2D eigenvalue weighted by Crippen LogP contribution is -2.17. The third-order valence-electron chi connectivity index (χ3n) is 1.70. The fourth-order valence-electron chi connectivity index (χ4n) is 1.06. The van der Waals surface area contributed by atoms with E-state index in [0.717, 1.165) is 12.1 Å². The summed E-state index contributed by atoms with van der Waals surface area (Å²) in [4.78, 5) is 0. The van der Waals surface area contributed by atoms with Crippen LogP contribution in [0.15, 0.2) is 43.2 Å². The van der Waals surface area contributed by atoms with Gasteiger partial charge in [0.05, 0.1) is 11.8 Å². The molecule has 0 spiro atoms. The maximum atomic E-state index is 4.22. The van der Waals surface area contributed by atoms with E-state index in [4.69, 9.17) is 0 Å². The van der Waals surface area contributed by atoms with E-state index in [2.05, 4.69) is 24.8 Å². The number of allylic oxidation sites excluding steroid dienone is 1. The van der Waals surface area contributed by atoms with Crippen LogP contribution in [0.4, 0.5) is 0 Å². The second kappa shape index (κ2) is 3.19. The highest BCUT2D eigenvalue weighted by Gasteiger charge is 2.19. The normalized spacial score (nSPS) is 22.7. The average molecular weight is 148 g/mol. The summed E-state index contributed by atoms with van der Waals surface area (Å²) in [5, 5.41) is 6.02. The highest BCUT2D eigenvalue weighted by Crippen LogP contribution is 2.16. The number of hydrogen-bond acceptors (Lipinski definition) is 2. The van der Waals surface area contributed by atoms with Gasteiger partial charge in [0.2, 0.25) is 0 Å². The van der Waals surface area contributed by atoms with E-state index in [1.807, 2.05) is 6.08 Å². The van der Waals surface area contributed by atoms with Crippen LogP contribution in [0.1, 0.15) is 6.42 Å². The molecule has 2 heteroatoms. The zero-order chi connectivity index (χ0) is 8.27. The molecule has 0 aromatic heterocycles. The fraction of sp³-hybridized carbons (Fsp3) is 0.222. The number of nitrogens with zero attached hydrogens (tertiary/aromatic N) is 2. The third kappa shape index (κ3) is 1.40. The van der Waals surface area contributed by atoms with Gasteiger partial charge in [-0.15, -0.1) is 6.58 Å². The van der Waals surface area contributed by atoms with Crippen molar-refractivity contribution in [3.8, 4) is 0 Å². The Kier molecular flexibility index (Phi) is 2.26. The topological polar surface area (TPSA) is 15.6 Å². The predicted molar refractivity (Wildman–Crippen MR) is 48.3 cm³/mol. The highest BCUT2D eigenvalue weighted by molar-refractivity contribution is 5.96. The Morgan fingerprint density at radius 1 is 1.45 bits per heavy atom. The summed E-state index contributed by atoms with van der Waals surface area (Å²) in [6.45, 7) is 11.0. The van der Waals surface area contributed by atoms with Crippen LogP contribution in [-0.2, 0) is 0 Å². The molecule has 1 rings (SSSR count). The van der Waals surface area contributed by atoms with Crippen molar-refractivity contribution in [3.63, 3.8) is 0 Å². The Hall–Kier alpha value is -1.31. The van der Waals surface area contributed by atoms with Crippen molar-refractivity contribution in [2.75, 3.05) is 0 Å². The van der Waals surface area contributed by atoms with Crippen molar-refractivity contribution in [1.29, 1.82) is 0 Å². The first-order chi connectivity index (χ1) is 5.31. The maximum absolute atomic E-state index is 4.22. The first-order valence-corrected chi connectivity index (χ1v) is 3.55. The molecule has 0 aromatic carbocycles. The van der Waals surface area contributed by atoms with E-state index in [1.54, 1.807) is 17.3 Å². The zero-order valence-electron chi connectivity index (χ0n) is 6.53. The van der Waals surface area contributed by atoms with Crippen LogP contribution in [-0.4, -0.2) is 16.8 Å². The number of hydrogen-bond donors (Lipinski definition) is 0. The number of hydrazone groups is 1. The van der Waals surface area contributed by atoms with Gasteiger partial charge >= 0.3 is 0 Å². The quantitative estimate of drug-likeness (QED) is 0.558. The monoisotopic (exact) mass is 148 g/mol. The van der Waals surface area contributed by atoms with Gasteiger partial charge in [-0.25, -0.2) is 0 Å². The molecule has 0 saturated carbocycles. The van der Waals surface area contributed by atoms with Crippen LogP contribution < -0.4 is 0 Å². The summed E-state index contributed by atoms with van der Waals surface area (Å²) in [7, 11) is 0. The smallest absolute Gasteiger partial charge is 0.0752 e. The molecule has 0 N–H and O–H groups in total. The van der Waals surface area contributed by atoms with E-state index in [-0.39, 0.29) is 6.04 Å². The molecule has 1 aliphatic heterocycles. The average Bonchev–Trinajstić information content (AvgIpc) is 2.46. The van der Waals surface area contributed by atoms with E-state index in [0.29, 0.717) is 0 Å². The number of rotatable bonds is 3. The van der Waals surface area contributed by atoms with Crippen molar-refractivity contribution < 1.29 is 0 Å². The minimum atomic E-state index is 0.264. The molecule has 0 aliphatic carbocycles. The molecule has 0 fully saturated rings. The second-order valence-corrected chi connectivity index (χ2v) is 2.37. The molecule has 1 unspecified atom stereocenters. The predicted octanol–water partition coefficient (Wildman–Crippen LogP) is 1.93. The molecule has 2 nitrogen and oxygen atoms in total. The molecule has 58 valence electrons. The summed E-state index contributed by atoms with van der Waals surface area (Å²) in [5.41, 5.74) is 0.995. The Morgan fingerprint density at radius 2 is 2.18 bits per heavy atom. The van der Waals surface area contributed by atoms with Crippen LogP contribution in [0.2, 0.25) is 0 Å². The van der Waals surface area contributed by atoms with Gasteiger partial charge in [0.15, 0.2) is 0 Å². The first-order valence-electron chi connectivity index (χ1n) is 3.55. The molecule has 1 atom stereocenters. The van der Waals surface area contributed by atoms with Gasteiger partial charge in [0.1, 0.15) is 0 Å². The van der Waals surface area contributed by atoms with Gasteiger partial charge in [-0.05, 0) is 6.08 Å². The second-order valence-electron chi connectivity index (χ2n) is 2.37. The lowest BCUT2D eigenvalue weighted by molar-refractivity contribution is 0.374. The van der Waals surface area contributed by atoms with E-state index < -0.39 is 0 Å². The maximum Gasteiger partial charge on any atom is 0.0752 e. The molecule has 1 aliphatic rings. The van der Waals surface area contributed by atoms with Crippen molar-refractivity contribution >= 4 is 5.71 Å². The standard InChI is InChI=1S/C9H12N2/c1-4-8-7-9(5-2)11(6-3)10-8/h4-6,9H,1-3,7H2. The summed E-state index contributed by atoms with van der Waals surface area (Å²) < 4.78 is 0. The summed E-state index contributed by atoms with van der Waals surface area (Å²) in [5.74, 6) is 0. The van der Waals surface area contributed by atoms with Gasteiger partial charge in [0.25, 0.3) is 0 Å². The largest absolute Gasteiger partial charge is 0.266 e. The Bertz CT molecular complexity index is 216. The van der Waals surface area contributed by atoms with Crippen molar-refractivity contribution in [3.05, 3.63) is 38.1 Å². The summed E-state index contributed by atoms with van der Waals surface area (Å²) >= 11 is 0. The highest BCUT2D eigenvalue weighted by atomic mass is 15.5. The third-order valence-corrected chi connectivity index (χ3v) is 1.70. The molecule has 0 saturated heterocycles. The lowest BCUT2D eigenvalue weighted by Gasteiger charge is -2.13. The Balaban J connectivity index is 2.74. The van der Waals surface area contributed by atoms with Gasteiger partial charge in [-0.1, -0.05) is 19.2 Å². The van der Waals surface area contributed by atoms with Gasteiger partial charge in [-0.3, -0.25) is 5.01 Å². The minimum Gasteiger partial charge on any atom is -0.266 e. The van der Waals surface area contributed by atoms with E-state index >= 15 is 0 Å². The van der Waals surface area contributed by atoms with Crippen LogP contribution in [0, 0.1) is 0 Å². The van der Waals surface area contributed by atoms with Crippen LogP contribution >= 0.6 is 0 Å². The van der Waals surface area contributed by atoms with Gasteiger partial charge < -0.3 is 0 Å². The molecule has 0 aromatic rings. The molecule has 11 heavy (non-hydrogen) atoms. The first kappa shape index (κ1) is 7.79. The van der Waals surface area contributed by atoms with Crippen LogP contribution in [0.25, 0.3) is 0 Å². The SMILES string of the molecule is C=CC1=NN(C=C)C(C=C)C1. The molecule has 0 radical (unpaired) electrons. The molecular formula is C9H12N2. The van der Waals surface area contributed by atoms with Crippen molar-refractivity contribution in [1.82, 2.24) is 5.01 Å². The molecule has 0 amide bonds. The van der Waals surface area contributed by atoms with E-state index in [9.17, 15) is 0 Å². The fourth-order valence-corrected chi connectivity index (χ4v) is 1.06. The minimum absolute atomic E-state index is 0.264. The van der Waals surface area contributed by atoms with Crippen LogP contribution in [0.5, 0.6) is 0 Å². The van der Waals surface area contributed by atoms with Crippen molar-refractivity contribution in [2.45, 2.75) is 12.5 Å². The zero-order valence-corrected chi connectivity index (χ0v) is 6.53. The van der Waals surface area contributed by atoms with Gasteiger partial charge in [0, 0.05) is 12.6 Å². The summed E-state index contributed by atoms with van der Waals surface area (Å²) in [6.07, 6.45) is 6.21. The molecular weight excluding hydrogens is 136 g/mol. The Morgan fingerprint density at radius 3 is 2.55 bits per heavy atom. The molecule has 0 bridgehead atoms.